The van der Waals surface area contributed by atoms with Crippen molar-refractivity contribution in [1.82, 2.24) is 10.3 Å². The Kier molecular flexibility index (Phi) is 4.73. The van der Waals surface area contributed by atoms with Gasteiger partial charge in [0.15, 0.2) is 0 Å². The maximum atomic E-state index is 11.8. The molecule has 4 nitrogen and oxygen atoms in total. The van der Waals surface area contributed by atoms with Gasteiger partial charge in [-0.3, -0.25) is 15.1 Å². The highest BCUT2D eigenvalue weighted by atomic mass is 32.1. The van der Waals surface area contributed by atoms with E-state index in [1.165, 1.54) is 7.11 Å². The molecule has 2 heterocycles. The zero-order chi connectivity index (χ0) is 14.7. The molecule has 2 aromatic rings. The highest BCUT2D eigenvalue weighted by Crippen LogP contribution is 2.23. The number of hydrogen-bond acceptors (Lipinski definition) is 5. The number of carbonyl (C=O) groups is 1. The molecule has 5 heteroatoms. The first-order valence-corrected chi connectivity index (χ1v) is 7.58. The first kappa shape index (κ1) is 14.9. The Hall–Kier alpha value is -1.46. The van der Waals surface area contributed by atoms with Crippen LogP contribution in [0.1, 0.15) is 32.4 Å². The largest absolute Gasteiger partial charge is 0.468 e. The number of ether oxygens (including phenoxy) is 1. The highest BCUT2D eigenvalue weighted by molar-refractivity contribution is 7.17. The fourth-order valence-electron chi connectivity index (χ4n) is 2.12. The second-order valence-corrected chi connectivity index (χ2v) is 6.15. The van der Waals surface area contributed by atoms with Gasteiger partial charge in [0.2, 0.25) is 0 Å². The van der Waals surface area contributed by atoms with Crippen LogP contribution in [0, 0.1) is 5.92 Å². The van der Waals surface area contributed by atoms with Gasteiger partial charge in [0.05, 0.1) is 17.3 Å². The number of aromatic nitrogens is 1. The summed E-state index contributed by atoms with van der Waals surface area (Å²) in [5, 5.41) is 5.36. The predicted octanol–water partition coefficient (Wildman–Crippen LogP) is 3.14. The molecular weight excluding hydrogens is 272 g/mol. The van der Waals surface area contributed by atoms with Gasteiger partial charge >= 0.3 is 5.97 Å². The summed E-state index contributed by atoms with van der Waals surface area (Å²) in [6, 6.07) is 3.86. The SMILES string of the molecule is COC(=O)[C@@H](NC(C)c1cnc2ccsc2c1)C(C)C. The molecule has 0 saturated carbocycles. The van der Waals surface area contributed by atoms with Crippen LogP contribution in [0.25, 0.3) is 10.2 Å². The minimum atomic E-state index is -0.311. The Labute approximate surface area is 123 Å². The molecule has 2 aromatic heterocycles. The number of esters is 1. The molecule has 0 aliphatic rings. The molecule has 0 aliphatic heterocycles. The number of rotatable bonds is 5. The molecule has 0 saturated heterocycles. The van der Waals surface area contributed by atoms with Gasteiger partial charge in [-0.1, -0.05) is 13.8 Å². The predicted molar refractivity (Wildman–Crippen MR) is 81.8 cm³/mol. The first-order chi connectivity index (χ1) is 9.52. The summed E-state index contributed by atoms with van der Waals surface area (Å²) >= 11 is 1.67. The number of carbonyl (C=O) groups excluding carboxylic acids is 1. The van der Waals surface area contributed by atoms with Crippen molar-refractivity contribution < 1.29 is 9.53 Å². The van der Waals surface area contributed by atoms with Gasteiger partial charge in [-0.05, 0) is 35.9 Å². The van der Waals surface area contributed by atoms with E-state index in [1.807, 2.05) is 38.4 Å². The van der Waals surface area contributed by atoms with Crippen LogP contribution in [0.15, 0.2) is 23.7 Å². The van der Waals surface area contributed by atoms with Crippen molar-refractivity contribution in [2.24, 2.45) is 5.92 Å². The van der Waals surface area contributed by atoms with Crippen LogP contribution in [-0.2, 0) is 9.53 Å². The number of thiophene rings is 1. The lowest BCUT2D eigenvalue weighted by Crippen LogP contribution is -2.42. The van der Waals surface area contributed by atoms with E-state index in [0.717, 1.165) is 15.8 Å². The van der Waals surface area contributed by atoms with Crippen molar-refractivity contribution in [3.63, 3.8) is 0 Å². The molecule has 0 amide bonds. The maximum absolute atomic E-state index is 11.8. The molecule has 0 radical (unpaired) electrons. The highest BCUT2D eigenvalue weighted by Gasteiger charge is 2.25. The van der Waals surface area contributed by atoms with Crippen molar-refractivity contribution in [3.8, 4) is 0 Å². The van der Waals surface area contributed by atoms with Crippen LogP contribution < -0.4 is 5.32 Å². The Morgan fingerprint density at radius 3 is 2.80 bits per heavy atom. The number of nitrogens with one attached hydrogen (secondary N) is 1. The normalized spacial score (nSPS) is 14.4. The third kappa shape index (κ3) is 3.16. The molecule has 0 fully saturated rings. The third-order valence-corrected chi connectivity index (χ3v) is 4.23. The van der Waals surface area contributed by atoms with Crippen molar-refractivity contribution in [3.05, 3.63) is 29.3 Å². The van der Waals surface area contributed by atoms with Crippen molar-refractivity contribution in [2.45, 2.75) is 32.9 Å². The summed E-state index contributed by atoms with van der Waals surface area (Å²) in [6.07, 6.45) is 1.86. The summed E-state index contributed by atoms with van der Waals surface area (Å²) in [4.78, 5) is 16.2. The number of hydrogen-bond donors (Lipinski definition) is 1. The zero-order valence-corrected chi connectivity index (χ0v) is 13.0. The average molecular weight is 292 g/mol. The Morgan fingerprint density at radius 2 is 2.15 bits per heavy atom. The van der Waals surface area contributed by atoms with E-state index in [2.05, 4.69) is 16.4 Å². The minimum Gasteiger partial charge on any atom is -0.468 e. The van der Waals surface area contributed by atoms with E-state index in [1.54, 1.807) is 11.3 Å². The molecule has 2 atom stereocenters. The third-order valence-electron chi connectivity index (χ3n) is 3.38. The molecule has 108 valence electrons. The van der Waals surface area contributed by atoms with Gasteiger partial charge < -0.3 is 4.74 Å². The molecule has 1 unspecified atom stereocenters. The van der Waals surface area contributed by atoms with E-state index in [4.69, 9.17) is 4.74 Å². The van der Waals surface area contributed by atoms with Gasteiger partial charge in [-0.15, -0.1) is 11.3 Å². The second-order valence-electron chi connectivity index (χ2n) is 5.21. The lowest BCUT2D eigenvalue weighted by atomic mass is 10.0. The van der Waals surface area contributed by atoms with E-state index in [0.29, 0.717) is 0 Å². The molecule has 0 aliphatic carbocycles. The fraction of sp³-hybridized carbons (Fsp3) is 0.467. The van der Waals surface area contributed by atoms with Crippen molar-refractivity contribution in [1.29, 1.82) is 0 Å². The van der Waals surface area contributed by atoms with Gasteiger partial charge in [-0.2, -0.15) is 0 Å². The molecule has 0 spiro atoms. The van der Waals surface area contributed by atoms with Crippen LogP contribution in [-0.4, -0.2) is 24.1 Å². The zero-order valence-electron chi connectivity index (χ0n) is 12.2. The minimum absolute atomic E-state index is 0.0421. The monoisotopic (exact) mass is 292 g/mol. The summed E-state index contributed by atoms with van der Waals surface area (Å²) in [7, 11) is 1.42. The second kappa shape index (κ2) is 6.33. The van der Waals surface area contributed by atoms with E-state index >= 15 is 0 Å². The van der Waals surface area contributed by atoms with Crippen LogP contribution >= 0.6 is 11.3 Å². The van der Waals surface area contributed by atoms with Crippen LogP contribution in [0.4, 0.5) is 0 Å². The van der Waals surface area contributed by atoms with Crippen LogP contribution in [0.3, 0.4) is 0 Å². The number of methoxy groups -OCH3 is 1. The van der Waals surface area contributed by atoms with Gasteiger partial charge in [0.25, 0.3) is 0 Å². The van der Waals surface area contributed by atoms with Crippen LogP contribution in [0.2, 0.25) is 0 Å². The molecule has 0 aromatic carbocycles. The molecule has 20 heavy (non-hydrogen) atoms. The number of nitrogens with zero attached hydrogens (tertiary/aromatic N) is 1. The lowest BCUT2D eigenvalue weighted by molar-refractivity contribution is -0.144. The van der Waals surface area contributed by atoms with Gasteiger partial charge in [0.1, 0.15) is 6.04 Å². The number of pyridine rings is 1. The first-order valence-electron chi connectivity index (χ1n) is 6.70. The maximum Gasteiger partial charge on any atom is 0.323 e. The summed E-state index contributed by atoms with van der Waals surface area (Å²) in [5.74, 6) is -0.0552. The smallest absolute Gasteiger partial charge is 0.323 e. The Balaban J connectivity index is 2.16. The molecule has 2 rings (SSSR count). The van der Waals surface area contributed by atoms with Gasteiger partial charge in [0, 0.05) is 12.2 Å². The topological polar surface area (TPSA) is 51.2 Å². The lowest BCUT2D eigenvalue weighted by Gasteiger charge is -2.24. The quantitative estimate of drug-likeness (QED) is 0.860. The van der Waals surface area contributed by atoms with E-state index < -0.39 is 0 Å². The average Bonchev–Trinajstić information content (AvgIpc) is 2.90. The van der Waals surface area contributed by atoms with Crippen molar-refractivity contribution >= 4 is 27.5 Å². The fourth-order valence-corrected chi connectivity index (χ4v) is 2.91. The molecule has 0 bridgehead atoms. The van der Waals surface area contributed by atoms with E-state index in [-0.39, 0.29) is 24.0 Å². The molecule has 1 N–H and O–H groups in total. The van der Waals surface area contributed by atoms with Crippen molar-refractivity contribution in [2.75, 3.05) is 7.11 Å². The summed E-state index contributed by atoms with van der Waals surface area (Å²) in [5.41, 5.74) is 2.09. The van der Waals surface area contributed by atoms with E-state index in [9.17, 15) is 4.79 Å². The Morgan fingerprint density at radius 1 is 1.40 bits per heavy atom. The van der Waals surface area contributed by atoms with Crippen LogP contribution in [0.5, 0.6) is 0 Å². The Bertz CT molecular complexity index is 594. The van der Waals surface area contributed by atoms with Gasteiger partial charge in [-0.25, -0.2) is 0 Å². The number of fused-ring (bicyclic) bond motifs is 1. The standard InChI is InChI=1S/C15H20N2O2S/c1-9(2)14(15(18)19-4)17-10(3)11-7-13-12(16-8-11)5-6-20-13/h5-10,14,17H,1-4H3/t10?,14-/m0/s1. The summed E-state index contributed by atoms with van der Waals surface area (Å²) < 4.78 is 6.02. The molecular formula is C15H20N2O2S. The summed E-state index contributed by atoms with van der Waals surface area (Å²) in [6.45, 7) is 6.04.